The third-order valence-corrected chi connectivity index (χ3v) is 3.72. The highest BCUT2D eigenvalue weighted by Crippen LogP contribution is 2.22. The van der Waals surface area contributed by atoms with Crippen molar-refractivity contribution in [2.45, 2.75) is 38.9 Å². The molecule has 0 saturated carbocycles. The maximum atomic E-state index is 10.8. The molecule has 2 N–H and O–H groups in total. The predicted octanol–water partition coefficient (Wildman–Crippen LogP) is 2.54. The fourth-order valence-corrected chi connectivity index (χ4v) is 2.20. The van der Waals surface area contributed by atoms with Crippen LogP contribution < -0.4 is 4.74 Å². The zero-order valence-corrected chi connectivity index (χ0v) is 12.7. The highest BCUT2D eigenvalue weighted by atomic mass is 32.2. The lowest BCUT2D eigenvalue weighted by Crippen LogP contribution is -2.21. The fraction of sp³-hybridized carbons (Fsp3) is 0.533. The molecule has 1 aromatic carbocycles. The number of aliphatic hydroxyl groups is 2. The molecule has 4 nitrogen and oxygen atoms in total. The van der Waals surface area contributed by atoms with E-state index in [4.69, 9.17) is 4.74 Å². The van der Waals surface area contributed by atoms with Gasteiger partial charge in [-0.25, -0.2) is 0 Å². The van der Waals surface area contributed by atoms with Crippen molar-refractivity contribution in [3.05, 3.63) is 29.8 Å². The molecule has 20 heavy (non-hydrogen) atoms. The van der Waals surface area contributed by atoms with Crippen LogP contribution in [0, 0.1) is 0 Å². The van der Waals surface area contributed by atoms with E-state index >= 15 is 0 Å². The van der Waals surface area contributed by atoms with Gasteiger partial charge in [0.1, 0.15) is 11.9 Å². The molecule has 0 saturated heterocycles. The van der Waals surface area contributed by atoms with Crippen LogP contribution in [-0.2, 0) is 4.79 Å². The Bertz CT molecular complexity index is 405. The van der Waals surface area contributed by atoms with Crippen LogP contribution in [0.1, 0.15) is 38.4 Å². The van der Waals surface area contributed by atoms with Gasteiger partial charge in [0.05, 0.1) is 12.7 Å². The van der Waals surface area contributed by atoms with Gasteiger partial charge in [-0.15, -0.1) is 0 Å². The minimum atomic E-state index is -0.994. The van der Waals surface area contributed by atoms with E-state index in [-0.39, 0.29) is 10.9 Å². The van der Waals surface area contributed by atoms with Gasteiger partial charge < -0.3 is 14.9 Å². The van der Waals surface area contributed by atoms with E-state index in [0.29, 0.717) is 12.2 Å². The van der Waals surface area contributed by atoms with E-state index in [1.165, 1.54) is 6.92 Å². The van der Waals surface area contributed by atoms with E-state index in [1.54, 1.807) is 24.3 Å². The zero-order valence-electron chi connectivity index (χ0n) is 11.9. The minimum Gasteiger partial charge on any atom is -0.494 e. The molecule has 0 aliphatic heterocycles. The van der Waals surface area contributed by atoms with Crippen LogP contribution in [0.25, 0.3) is 0 Å². The van der Waals surface area contributed by atoms with Crippen molar-refractivity contribution >= 4 is 16.9 Å². The molecular weight excluding hydrogens is 276 g/mol. The molecule has 0 amide bonds. The fourth-order valence-electron chi connectivity index (χ4n) is 1.61. The van der Waals surface area contributed by atoms with Gasteiger partial charge in [0, 0.05) is 12.7 Å². The first kappa shape index (κ1) is 17.0. The summed E-state index contributed by atoms with van der Waals surface area (Å²) in [5.74, 6) is 0.938. The Kier molecular flexibility index (Phi) is 7.65. The quantitative estimate of drug-likeness (QED) is 0.722. The van der Waals surface area contributed by atoms with Crippen molar-refractivity contribution in [2.75, 3.05) is 12.4 Å². The van der Waals surface area contributed by atoms with Crippen molar-refractivity contribution < 1.29 is 19.7 Å². The Morgan fingerprint density at radius 1 is 1.30 bits per heavy atom. The average molecular weight is 298 g/mol. The Labute approximate surface area is 124 Å². The van der Waals surface area contributed by atoms with Gasteiger partial charge in [0.15, 0.2) is 5.12 Å². The summed E-state index contributed by atoms with van der Waals surface area (Å²) < 4.78 is 5.53. The minimum absolute atomic E-state index is 0.0732. The average Bonchev–Trinajstić information content (AvgIpc) is 2.45. The summed E-state index contributed by atoms with van der Waals surface area (Å²) in [4.78, 5) is 10.8. The highest BCUT2D eigenvalue weighted by Gasteiger charge is 2.19. The molecule has 0 spiro atoms. The lowest BCUT2D eigenvalue weighted by Gasteiger charge is -2.17. The lowest BCUT2D eigenvalue weighted by molar-refractivity contribution is -0.109. The standard InChI is InChI=1S/C15H22O4S/c1-3-4-9-19-13-7-5-12(6-8-13)15(18)14(17)10-20-11(2)16/h5-8,14-15,17-18H,3-4,9-10H2,1-2H3. The Hall–Kier alpha value is -1.04. The third-order valence-electron chi connectivity index (χ3n) is 2.81. The molecule has 0 aromatic heterocycles. The van der Waals surface area contributed by atoms with E-state index < -0.39 is 12.2 Å². The van der Waals surface area contributed by atoms with Gasteiger partial charge in [0.25, 0.3) is 0 Å². The van der Waals surface area contributed by atoms with Crippen LogP contribution in [0.4, 0.5) is 0 Å². The first-order chi connectivity index (χ1) is 9.54. The van der Waals surface area contributed by atoms with E-state index in [0.717, 1.165) is 30.4 Å². The SMILES string of the molecule is CCCCOc1ccc(C(O)C(O)CSC(C)=O)cc1. The van der Waals surface area contributed by atoms with Gasteiger partial charge in [0.2, 0.25) is 0 Å². The van der Waals surface area contributed by atoms with E-state index in [9.17, 15) is 15.0 Å². The molecule has 0 radical (unpaired) electrons. The second-order valence-corrected chi connectivity index (χ2v) is 5.78. The Morgan fingerprint density at radius 3 is 2.50 bits per heavy atom. The zero-order chi connectivity index (χ0) is 15.0. The summed E-state index contributed by atoms with van der Waals surface area (Å²) in [6.45, 7) is 4.21. The number of unbranched alkanes of at least 4 members (excludes halogenated alkanes) is 1. The number of ether oxygens (including phenoxy) is 1. The number of benzene rings is 1. The summed E-state index contributed by atoms with van der Waals surface area (Å²) >= 11 is 1.01. The molecule has 0 heterocycles. The van der Waals surface area contributed by atoms with Crippen LogP contribution in [0.3, 0.4) is 0 Å². The molecule has 5 heteroatoms. The normalized spacial score (nSPS) is 13.8. The second-order valence-electron chi connectivity index (χ2n) is 4.59. The summed E-state index contributed by atoms with van der Waals surface area (Å²) in [5.41, 5.74) is 0.615. The van der Waals surface area contributed by atoms with Gasteiger partial charge in [-0.1, -0.05) is 37.2 Å². The molecule has 0 bridgehead atoms. The maximum absolute atomic E-state index is 10.8. The number of aliphatic hydroxyl groups excluding tert-OH is 2. The molecule has 2 atom stereocenters. The molecule has 1 rings (SSSR count). The maximum Gasteiger partial charge on any atom is 0.185 e. The van der Waals surface area contributed by atoms with Gasteiger partial charge in [-0.2, -0.15) is 0 Å². The van der Waals surface area contributed by atoms with E-state index in [2.05, 4.69) is 6.92 Å². The number of hydrogen-bond acceptors (Lipinski definition) is 5. The third kappa shape index (κ3) is 5.94. The number of carbonyl (C=O) groups is 1. The van der Waals surface area contributed by atoms with Crippen molar-refractivity contribution in [3.63, 3.8) is 0 Å². The largest absolute Gasteiger partial charge is 0.494 e. The molecule has 112 valence electrons. The van der Waals surface area contributed by atoms with E-state index in [1.807, 2.05) is 0 Å². The topological polar surface area (TPSA) is 66.8 Å². The van der Waals surface area contributed by atoms with Crippen molar-refractivity contribution in [1.29, 1.82) is 0 Å². The smallest absolute Gasteiger partial charge is 0.185 e. The van der Waals surface area contributed by atoms with Gasteiger partial charge in [-0.05, 0) is 24.1 Å². The number of hydrogen-bond donors (Lipinski definition) is 2. The summed E-state index contributed by atoms with van der Waals surface area (Å²) in [7, 11) is 0. The van der Waals surface area contributed by atoms with Crippen LogP contribution >= 0.6 is 11.8 Å². The Balaban J connectivity index is 2.51. The van der Waals surface area contributed by atoms with Crippen LogP contribution in [0.2, 0.25) is 0 Å². The highest BCUT2D eigenvalue weighted by molar-refractivity contribution is 8.13. The van der Waals surface area contributed by atoms with Crippen LogP contribution in [0.15, 0.2) is 24.3 Å². The molecular formula is C15H22O4S. The van der Waals surface area contributed by atoms with Gasteiger partial charge in [-0.3, -0.25) is 4.79 Å². The van der Waals surface area contributed by atoms with Crippen LogP contribution in [-0.4, -0.2) is 33.8 Å². The number of thioether (sulfide) groups is 1. The van der Waals surface area contributed by atoms with Crippen molar-refractivity contribution in [1.82, 2.24) is 0 Å². The van der Waals surface area contributed by atoms with Gasteiger partial charge >= 0.3 is 0 Å². The predicted molar refractivity (Wildman–Crippen MR) is 81.0 cm³/mol. The number of carbonyl (C=O) groups excluding carboxylic acids is 1. The van der Waals surface area contributed by atoms with Crippen LogP contribution in [0.5, 0.6) is 5.75 Å². The molecule has 1 aromatic rings. The summed E-state index contributed by atoms with van der Waals surface area (Å²) in [6.07, 6.45) is 0.129. The molecule has 2 unspecified atom stereocenters. The molecule has 0 aliphatic carbocycles. The second kappa shape index (κ2) is 9.00. The lowest BCUT2D eigenvalue weighted by atomic mass is 10.1. The van der Waals surface area contributed by atoms with Crippen molar-refractivity contribution in [2.24, 2.45) is 0 Å². The number of rotatable bonds is 8. The monoisotopic (exact) mass is 298 g/mol. The molecule has 0 aliphatic rings. The summed E-state index contributed by atoms with van der Waals surface area (Å²) in [5, 5.41) is 19.7. The first-order valence-corrected chi connectivity index (χ1v) is 7.75. The summed E-state index contributed by atoms with van der Waals surface area (Å²) in [6, 6.07) is 7.01. The molecule has 0 fully saturated rings. The van der Waals surface area contributed by atoms with Crippen molar-refractivity contribution in [3.8, 4) is 5.75 Å². The first-order valence-electron chi connectivity index (χ1n) is 6.76. The Morgan fingerprint density at radius 2 is 1.95 bits per heavy atom.